The van der Waals surface area contributed by atoms with E-state index in [0.717, 1.165) is 0 Å². The molecule has 0 aromatic rings. The summed E-state index contributed by atoms with van der Waals surface area (Å²) in [7, 11) is 0. The molecule has 0 amide bonds. The van der Waals surface area contributed by atoms with E-state index in [9.17, 15) is 0 Å². The molecule has 0 rings (SSSR count). The van der Waals surface area contributed by atoms with Crippen LogP contribution in [0.4, 0.5) is 0 Å². The van der Waals surface area contributed by atoms with Gasteiger partial charge in [-0.3, -0.25) is 0 Å². The van der Waals surface area contributed by atoms with E-state index in [1.807, 2.05) is 16.9 Å². The zero-order valence-corrected chi connectivity index (χ0v) is 7.21. The quantitative estimate of drug-likeness (QED) is 0.451. The van der Waals surface area contributed by atoms with Crippen molar-refractivity contribution in [2.24, 2.45) is 5.41 Å². The van der Waals surface area contributed by atoms with E-state index in [-0.39, 0.29) is 0 Å². The van der Waals surface area contributed by atoms with Gasteiger partial charge in [-0.05, 0) is 0 Å². The van der Waals surface area contributed by atoms with Gasteiger partial charge >= 0.3 is 48.2 Å². The van der Waals surface area contributed by atoms with Crippen molar-refractivity contribution < 1.29 is 0 Å². The predicted octanol–water partition coefficient (Wildman–Crippen LogP) is 1.08. The third-order valence-electron chi connectivity index (χ3n) is 0.612. The molecule has 0 aliphatic heterocycles. The van der Waals surface area contributed by atoms with Crippen molar-refractivity contribution in [3.63, 3.8) is 0 Å². The Labute approximate surface area is 48.8 Å². The van der Waals surface area contributed by atoms with Crippen molar-refractivity contribution in [3.8, 4) is 0 Å². The van der Waals surface area contributed by atoms with E-state index in [1.54, 1.807) is 0 Å². The predicted molar refractivity (Wildman–Crippen MR) is 32.8 cm³/mol. The monoisotopic (exact) mass is 148 g/mol. The summed E-state index contributed by atoms with van der Waals surface area (Å²) in [4.78, 5) is 0. The van der Waals surface area contributed by atoms with Crippen LogP contribution < -0.4 is 0 Å². The molecule has 0 spiro atoms. The van der Waals surface area contributed by atoms with E-state index >= 15 is 0 Å². The van der Waals surface area contributed by atoms with Crippen LogP contribution in [-0.4, -0.2) is 16.9 Å². The van der Waals surface area contributed by atoms with Crippen LogP contribution in [0.3, 0.4) is 0 Å². The summed E-state index contributed by atoms with van der Waals surface area (Å²) in [5, 5.41) is 1.33. The van der Waals surface area contributed by atoms with Crippen molar-refractivity contribution in [1.82, 2.24) is 0 Å². The fourth-order valence-corrected chi connectivity index (χ4v) is 0. The summed E-state index contributed by atoms with van der Waals surface area (Å²) in [5.41, 5.74) is 0.569. The third kappa shape index (κ3) is 4.56. The number of rotatable bonds is 0. The van der Waals surface area contributed by atoms with Crippen LogP contribution in [0, 0.1) is 5.41 Å². The standard InChI is InChI=1S/C5H13As/c1-5(2,3)4-6/h4,6H2,1-3H3. The molecule has 0 aromatic carbocycles. The number of hydrogen-bond acceptors (Lipinski definition) is 0. The molecule has 6 heavy (non-hydrogen) atoms. The molecule has 1 unspecified atom stereocenters. The molecule has 0 aliphatic rings. The molecule has 0 radical (unpaired) electrons. The second kappa shape index (κ2) is 2.02. The van der Waals surface area contributed by atoms with Gasteiger partial charge in [0.15, 0.2) is 0 Å². The zero-order chi connectivity index (χ0) is 5.21. The van der Waals surface area contributed by atoms with Crippen molar-refractivity contribution >= 4 is 16.9 Å². The van der Waals surface area contributed by atoms with Gasteiger partial charge in [-0.2, -0.15) is 0 Å². The van der Waals surface area contributed by atoms with Crippen LogP contribution in [0.2, 0.25) is 5.21 Å². The SMILES string of the molecule is CC(C)(C)C[AsH2]. The molecule has 0 heterocycles. The Kier molecular flexibility index (Phi) is 2.21. The summed E-state index contributed by atoms with van der Waals surface area (Å²) in [6, 6.07) is 0. The van der Waals surface area contributed by atoms with Gasteiger partial charge in [-0.15, -0.1) is 0 Å². The molecule has 0 saturated heterocycles. The second-order valence-corrected chi connectivity index (χ2v) is 3.62. The first kappa shape index (κ1) is 6.56. The maximum atomic E-state index is 2.26. The Morgan fingerprint density at radius 3 is 1.50 bits per heavy atom. The first-order valence-corrected chi connectivity index (χ1v) is 3.97. The summed E-state index contributed by atoms with van der Waals surface area (Å²) < 4.78 is 0. The molecule has 0 fully saturated rings. The van der Waals surface area contributed by atoms with E-state index in [4.69, 9.17) is 0 Å². The molecule has 0 bridgehead atoms. The Morgan fingerprint density at radius 2 is 1.50 bits per heavy atom. The van der Waals surface area contributed by atoms with E-state index in [2.05, 4.69) is 20.8 Å². The van der Waals surface area contributed by atoms with Crippen LogP contribution in [0.5, 0.6) is 0 Å². The van der Waals surface area contributed by atoms with Gasteiger partial charge in [-0.25, -0.2) is 0 Å². The topological polar surface area (TPSA) is 0 Å². The Balaban J connectivity index is 3.17. The van der Waals surface area contributed by atoms with Gasteiger partial charge in [0.25, 0.3) is 0 Å². The zero-order valence-electron chi connectivity index (χ0n) is 4.78. The second-order valence-electron chi connectivity index (χ2n) is 2.76. The van der Waals surface area contributed by atoms with Gasteiger partial charge in [0.05, 0.1) is 0 Å². The van der Waals surface area contributed by atoms with Crippen molar-refractivity contribution in [3.05, 3.63) is 0 Å². The van der Waals surface area contributed by atoms with Crippen LogP contribution in [0.1, 0.15) is 20.8 Å². The van der Waals surface area contributed by atoms with E-state index in [0.29, 0.717) is 5.41 Å². The average molecular weight is 148 g/mol. The van der Waals surface area contributed by atoms with Crippen LogP contribution in [-0.2, 0) is 0 Å². The molecule has 1 heteroatoms. The fourth-order valence-electron chi connectivity index (χ4n) is 0. The Bertz CT molecular complexity index is 33.7. The van der Waals surface area contributed by atoms with Crippen molar-refractivity contribution in [2.75, 3.05) is 0 Å². The Hall–Kier alpha value is 0.558. The van der Waals surface area contributed by atoms with Gasteiger partial charge in [-0.1, -0.05) is 0 Å². The molecular formula is C5H13As. The minimum absolute atomic E-state index is 0.569. The van der Waals surface area contributed by atoms with Crippen molar-refractivity contribution in [1.29, 1.82) is 0 Å². The molecule has 38 valence electrons. The van der Waals surface area contributed by atoms with Gasteiger partial charge in [0.1, 0.15) is 0 Å². The molecular weight excluding hydrogens is 135 g/mol. The molecule has 0 nitrogen and oxygen atoms in total. The van der Waals surface area contributed by atoms with Gasteiger partial charge in [0, 0.05) is 0 Å². The third-order valence-corrected chi connectivity index (χ3v) is 3.18. The normalized spacial score (nSPS) is 12.0. The summed E-state index contributed by atoms with van der Waals surface area (Å²) in [6.07, 6.45) is 0. The maximum absolute atomic E-state index is 2.26. The average Bonchev–Trinajstić information content (AvgIpc) is 1.35. The summed E-state index contributed by atoms with van der Waals surface area (Å²) >= 11 is 1.82. The number of hydrogen-bond donors (Lipinski definition) is 0. The molecule has 0 aromatic heterocycles. The van der Waals surface area contributed by atoms with Crippen molar-refractivity contribution in [2.45, 2.75) is 26.0 Å². The van der Waals surface area contributed by atoms with E-state index in [1.165, 1.54) is 5.21 Å². The Morgan fingerprint density at radius 1 is 1.33 bits per heavy atom. The minimum atomic E-state index is 0.569. The summed E-state index contributed by atoms with van der Waals surface area (Å²) in [6.45, 7) is 6.78. The fraction of sp³-hybridized carbons (Fsp3) is 1.00. The van der Waals surface area contributed by atoms with Crippen LogP contribution in [0.25, 0.3) is 0 Å². The van der Waals surface area contributed by atoms with Crippen LogP contribution >= 0.6 is 0 Å². The summed E-state index contributed by atoms with van der Waals surface area (Å²) in [5.74, 6) is 0. The molecule has 0 aliphatic carbocycles. The van der Waals surface area contributed by atoms with Gasteiger partial charge < -0.3 is 0 Å². The first-order valence-electron chi connectivity index (χ1n) is 2.26. The molecule has 1 atom stereocenters. The molecule has 0 N–H and O–H groups in total. The van der Waals surface area contributed by atoms with Crippen LogP contribution in [0.15, 0.2) is 0 Å². The van der Waals surface area contributed by atoms with Gasteiger partial charge in [0.2, 0.25) is 0 Å². The first-order chi connectivity index (χ1) is 2.56. The van der Waals surface area contributed by atoms with E-state index < -0.39 is 0 Å². The molecule has 0 saturated carbocycles.